The molecule has 18 heavy (non-hydrogen) atoms. The van der Waals surface area contributed by atoms with Crippen molar-refractivity contribution in [1.29, 1.82) is 0 Å². The molecule has 104 valence electrons. The van der Waals surface area contributed by atoms with Crippen LogP contribution in [-0.2, 0) is 9.59 Å². The van der Waals surface area contributed by atoms with E-state index in [1.165, 1.54) is 0 Å². The van der Waals surface area contributed by atoms with Crippen molar-refractivity contribution >= 4 is 11.9 Å². The monoisotopic (exact) mass is 255 g/mol. The summed E-state index contributed by atoms with van der Waals surface area (Å²) >= 11 is 0. The van der Waals surface area contributed by atoms with Crippen molar-refractivity contribution in [3.05, 3.63) is 0 Å². The highest BCUT2D eigenvalue weighted by atomic mass is 16.4. The van der Waals surface area contributed by atoms with Gasteiger partial charge >= 0.3 is 5.97 Å². The van der Waals surface area contributed by atoms with Gasteiger partial charge in [0.1, 0.15) is 0 Å². The maximum atomic E-state index is 12.4. The van der Waals surface area contributed by atoms with Crippen molar-refractivity contribution in [2.75, 3.05) is 13.1 Å². The lowest BCUT2D eigenvalue weighted by atomic mass is 9.82. The quantitative estimate of drug-likeness (QED) is 0.839. The van der Waals surface area contributed by atoms with Crippen molar-refractivity contribution in [3.63, 3.8) is 0 Å². The second-order valence-electron chi connectivity index (χ2n) is 6.82. The molecular formula is C14H25NO3. The molecule has 4 nitrogen and oxygen atoms in total. The van der Waals surface area contributed by atoms with Crippen LogP contribution in [0.3, 0.4) is 0 Å². The molecule has 1 aliphatic rings. The zero-order valence-electron chi connectivity index (χ0n) is 12.1. The van der Waals surface area contributed by atoms with Crippen LogP contribution >= 0.6 is 0 Å². The Bertz CT molecular complexity index is 349. The number of carbonyl (C=O) groups is 2. The lowest BCUT2D eigenvalue weighted by molar-refractivity contribution is -0.148. The summed E-state index contributed by atoms with van der Waals surface area (Å²) in [6.07, 6.45) is 1.37. The zero-order valence-corrected chi connectivity index (χ0v) is 12.1. The minimum Gasteiger partial charge on any atom is -0.481 e. The van der Waals surface area contributed by atoms with Crippen molar-refractivity contribution < 1.29 is 14.7 Å². The number of nitrogens with zero attached hydrogens (tertiary/aromatic N) is 1. The second-order valence-corrected chi connectivity index (χ2v) is 6.82. The van der Waals surface area contributed by atoms with E-state index in [9.17, 15) is 14.7 Å². The first-order valence-electron chi connectivity index (χ1n) is 6.61. The fourth-order valence-electron chi connectivity index (χ4n) is 2.84. The summed E-state index contributed by atoms with van der Waals surface area (Å²) < 4.78 is 0. The average Bonchev–Trinajstić information content (AvgIpc) is 2.59. The minimum absolute atomic E-state index is 0.0844. The third-order valence-corrected chi connectivity index (χ3v) is 3.77. The molecule has 0 saturated carbocycles. The van der Waals surface area contributed by atoms with Gasteiger partial charge in [-0.2, -0.15) is 0 Å². The summed E-state index contributed by atoms with van der Waals surface area (Å²) in [7, 11) is 0. The van der Waals surface area contributed by atoms with E-state index in [4.69, 9.17) is 0 Å². The Hall–Kier alpha value is -1.06. The zero-order chi connectivity index (χ0) is 14.1. The van der Waals surface area contributed by atoms with Crippen LogP contribution in [0.2, 0.25) is 0 Å². The highest BCUT2D eigenvalue weighted by Crippen LogP contribution is 2.35. The van der Waals surface area contributed by atoms with Gasteiger partial charge in [-0.25, -0.2) is 0 Å². The molecule has 4 heteroatoms. The van der Waals surface area contributed by atoms with Crippen LogP contribution < -0.4 is 0 Å². The first-order valence-corrected chi connectivity index (χ1v) is 6.61. The van der Waals surface area contributed by atoms with Crippen LogP contribution in [0, 0.1) is 16.7 Å². The number of hydrogen-bond acceptors (Lipinski definition) is 2. The van der Waals surface area contributed by atoms with E-state index in [0.29, 0.717) is 25.4 Å². The molecule has 0 aromatic carbocycles. The second kappa shape index (κ2) is 4.90. The summed E-state index contributed by atoms with van der Waals surface area (Å²) in [5.41, 5.74) is -1.18. The SMILES string of the molecule is CC(C)CC(C)(C)C(=O)N1CCC(C)(C(=O)O)C1. The van der Waals surface area contributed by atoms with Crippen LogP contribution in [0.1, 0.15) is 47.5 Å². The third kappa shape index (κ3) is 3.03. The topological polar surface area (TPSA) is 57.6 Å². The number of likely N-dealkylation sites (tertiary alicyclic amines) is 1. The molecule has 0 radical (unpaired) electrons. The molecular weight excluding hydrogens is 230 g/mol. The van der Waals surface area contributed by atoms with E-state index in [1.54, 1.807) is 11.8 Å². The van der Waals surface area contributed by atoms with Gasteiger partial charge in [0.15, 0.2) is 0 Å². The van der Waals surface area contributed by atoms with E-state index < -0.39 is 16.8 Å². The molecule has 1 fully saturated rings. The Morgan fingerprint density at radius 1 is 1.39 bits per heavy atom. The Balaban J connectivity index is 2.73. The molecule has 0 spiro atoms. The number of carbonyl (C=O) groups excluding carboxylic acids is 1. The fourth-order valence-corrected chi connectivity index (χ4v) is 2.84. The van der Waals surface area contributed by atoms with Gasteiger partial charge in [0.05, 0.1) is 5.41 Å². The Morgan fingerprint density at radius 3 is 2.33 bits per heavy atom. The molecule has 1 saturated heterocycles. The number of amides is 1. The van der Waals surface area contributed by atoms with Crippen molar-refractivity contribution in [2.24, 2.45) is 16.7 Å². The standard InChI is InChI=1S/C14H25NO3/c1-10(2)8-13(3,4)11(16)15-7-6-14(5,9-15)12(17)18/h10H,6-9H2,1-5H3,(H,17,18). The van der Waals surface area contributed by atoms with E-state index >= 15 is 0 Å². The minimum atomic E-state index is -0.806. The van der Waals surface area contributed by atoms with E-state index in [2.05, 4.69) is 13.8 Å². The molecule has 1 amide bonds. The molecule has 0 bridgehead atoms. The van der Waals surface area contributed by atoms with Crippen LogP contribution in [0.15, 0.2) is 0 Å². The largest absolute Gasteiger partial charge is 0.481 e. The Morgan fingerprint density at radius 2 is 1.94 bits per heavy atom. The van der Waals surface area contributed by atoms with Gasteiger partial charge in [0, 0.05) is 18.5 Å². The predicted octanol–water partition coefficient (Wildman–Crippen LogP) is 2.38. The lowest BCUT2D eigenvalue weighted by Gasteiger charge is -2.31. The molecule has 0 aromatic heterocycles. The Kier molecular flexibility index (Phi) is 4.08. The third-order valence-electron chi connectivity index (χ3n) is 3.77. The molecule has 0 aromatic rings. The maximum Gasteiger partial charge on any atom is 0.311 e. The highest BCUT2D eigenvalue weighted by Gasteiger charge is 2.44. The van der Waals surface area contributed by atoms with E-state index in [-0.39, 0.29) is 5.91 Å². The molecule has 1 heterocycles. The predicted molar refractivity (Wildman–Crippen MR) is 70.2 cm³/mol. The number of carboxylic acid groups (broad SMARTS) is 1. The smallest absolute Gasteiger partial charge is 0.311 e. The first kappa shape index (κ1) is 15.0. The number of rotatable bonds is 4. The van der Waals surface area contributed by atoms with Gasteiger partial charge in [-0.3, -0.25) is 9.59 Å². The first-order chi connectivity index (χ1) is 8.08. The summed E-state index contributed by atoms with van der Waals surface area (Å²) in [4.78, 5) is 25.3. The van der Waals surface area contributed by atoms with Crippen LogP contribution in [0.5, 0.6) is 0 Å². The summed E-state index contributed by atoms with van der Waals surface area (Å²) in [6, 6.07) is 0. The van der Waals surface area contributed by atoms with Crippen LogP contribution in [0.25, 0.3) is 0 Å². The maximum absolute atomic E-state index is 12.4. The van der Waals surface area contributed by atoms with E-state index in [1.807, 2.05) is 13.8 Å². The molecule has 1 N–H and O–H groups in total. The number of carboxylic acids is 1. The summed E-state index contributed by atoms with van der Waals surface area (Å²) in [5, 5.41) is 9.18. The average molecular weight is 255 g/mol. The van der Waals surface area contributed by atoms with Crippen molar-refractivity contribution in [3.8, 4) is 0 Å². The number of hydrogen-bond donors (Lipinski definition) is 1. The Labute approximate surface area is 109 Å². The van der Waals surface area contributed by atoms with Gasteiger partial charge < -0.3 is 10.0 Å². The highest BCUT2D eigenvalue weighted by molar-refractivity contribution is 5.84. The lowest BCUT2D eigenvalue weighted by Crippen LogP contribution is -2.42. The summed E-state index contributed by atoms with van der Waals surface area (Å²) in [6.45, 7) is 10.7. The fraction of sp³-hybridized carbons (Fsp3) is 0.857. The normalized spacial score (nSPS) is 24.7. The van der Waals surface area contributed by atoms with Gasteiger partial charge in [0.25, 0.3) is 0 Å². The van der Waals surface area contributed by atoms with Crippen molar-refractivity contribution in [2.45, 2.75) is 47.5 Å². The number of aliphatic carboxylic acids is 1. The van der Waals surface area contributed by atoms with Crippen molar-refractivity contribution in [1.82, 2.24) is 4.90 Å². The summed E-state index contributed by atoms with van der Waals surface area (Å²) in [5.74, 6) is -0.266. The molecule has 1 atom stereocenters. The van der Waals surface area contributed by atoms with Gasteiger partial charge in [-0.05, 0) is 25.7 Å². The molecule has 1 unspecified atom stereocenters. The van der Waals surface area contributed by atoms with Crippen LogP contribution in [-0.4, -0.2) is 35.0 Å². The van der Waals surface area contributed by atoms with Gasteiger partial charge in [-0.15, -0.1) is 0 Å². The van der Waals surface area contributed by atoms with Gasteiger partial charge in [-0.1, -0.05) is 27.7 Å². The van der Waals surface area contributed by atoms with Gasteiger partial charge in [0.2, 0.25) is 5.91 Å². The molecule has 1 aliphatic heterocycles. The van der Waals surface area contributed by atoms with Crippen LogP contribution in [0.4, 0.5) is 0 Å². The van der Waals surface area contributed by atoms with E-state index in [0.717, 1.165) is 6.42 Å². The molecule has 0 aliphatic carbocycles. The molecule has 1 rings (SSSR count).